The first-order valence-corrected chi connectivity index (χ1v) is 6.49. The number of nitrogen functional groups attached to an aromatic ring is 1. The van der Waals surface area contributed by atoms with E-state index in [1.165, 1.54) is 5.56 Å². The quantitative estimate of drug-likeness (QED) is 0.793. The second kappa shape index (κ2) is 5.87. The van der Waals surface area contributed by atoms with Gasteiger partial charge in [0.15, 0.2) is 0 Å². The van der Waals surface area contributed by atoms with E-state index in [9.17, 15) is 4.79 Å². The molecule has 1 fully saturated rings. The first kappa shape index (κ1) is 12.9. The Hall–Kier alpha value is -1.55. The van der Waals surface area contributed by atoms with Gasteiger partial charge in [-0.25, -0.2) is 0 Å². The fourth-order valence-corrected chi connectivity index (χ4v) is 2.36. The van der Waals surface area contributed by atoms with E-state index in [1.54, 1.807) is 0 Å². The molecule has 1 aliphatic heterocycles. The van der Waals surface area contributed by atoms with Crippen LogP contribution in [0.3, 0.4) is 0 Å². The highest BCUT2D eigenvalue weighted by atomic mass is 16.2. The summed E-state index contributed by atoms with van der Waals surface area (Å²) in [6.07, 6.45) is 3.13. The van der Waals surface area contributed by atoms with E-state index in [2.05, 4.69) is 10.2 Å². The van der Waals surface area contributed by atoms with Gasteiger partial charge in [0.25, 0.3) is 0 Å². The minimum atomic E-state index is -0.00921. The van der Waals surface area contributed by atoms with Crippen LogP contribution in [-0.2, 0) is 11.3 Å². The molecule has 0 bridgehead atoms. The molecule has 1 aromatic carbocycles. The highest BCUT2D eigenvalue weighted by molar-refractivity contribution is 5.81. The molecule has 98 valence electrons. The summed E-state index contributed by atoms with van der Waals surface area (Å²) in [5.74, 6) is 0.158. The summed E-state index contributed by atoms with van der Waals surface area (Å²) < 4.78 is 0. The first-order valence-electron chi connectivity index (χ1n) is 6.49. The van der Waals surface area contributed by atoms with E-state index in [-0.39, 0.29) is 11.9 Å². The number of carbonyl (C=O) groups is 1. The molecule has 0 saturated carbocycles. The molecule has 1 heterocycles. The third-order valence-electron chi connectivity index (χ3n) is 3.45. The zero-order valence-electron chi connectivity index (χ0n) is 10.9. The number of carbonyl (C=O) groups excluding carboxylic acids is 1. The third-order valence-corrected chi connectivity index (χ3v) is 3.45. The van der Waals surface area contributed by atoms with Crippen LogP contribution in [0.5, 0.6) is 0 Å². The minimum absolute atomic E-state index is 0.00921. The van der Waals surface area contributed by atoms with Crippen molar-refractivity contribution in [1.82, 2.24) is 10.2 Å². The largest absolute Gasteiger partial charge is 0.399 e. The Balaban J connectivity index is 1.99. The number of nitrogens with one attached hydrogen (secondary N) is 1. The van der Waals surface area contributed by atoms with Crippen molar-refractivity contribution in [2.75, 3.05) is 19.3 Å². The van der Waals surface area contributed by atoms with E-state index < -0.39 is 0 Å². The molecule has 0 spiro atoms. The van der Waals surface area contributed by atoms with Crippen molar-refractivity contribution >= 4 is 11.6 Å². The number of hydrogen-bond donors (Lipinski definition) is 2. The zero-order chi connectivity index (χ0) is 13.0. The molecule has 1 saturated heterocycles. The lowest BCUT2D eigenvalue weighted by atomic mass is 10.1. The lowest BCUT2D eigenvalue weighted by Gasteiger charge is -2.25. The standard InChI is InChI=1S/C14H21N3O/c1-17(10-11-5-7-12(15)8-6-11)13-4-2-3-9-16-14(13)18/h5-8,13H,2-4,9-10,15H2,1H3,(H,16,18). The Kier molecular flexibility index (Phi) is 4.20. The lowest BCUT2D eigenvalue weighted by molar-refractivity contribution is -0.125. The highest BCUT2D eigenvalue weighted by Gasteiger charge is 2.24. The fraction of sp³-hybridized carbons (Fsp3) is 0.500. The second-order valence-electron chi connectivity index (χ2n) is 4.96. The smallest absolute Gasteiger partial charge is 0.237 e. The van der Waals surface area contributed by atoms with Gasteiger partial charge in [0.1, 0.15) is 0 Å². The summed E-state index contributed by atoms with van der Waals surface area (Å²) in [6, 6.07) is 7.82. The number of hydrogen-bond acceptors (Lipinski definition) is 3. The van der Waals surface area contributed by atoms with Crippen molar-refractivity contribution < 1.29 is 4.79 Å². The maximum atomic E-state index is 11.9. The predicted octanol–water partition coefficient (Wildman–Crippen LogP) is 1.37. The van der Waals surface area contributed by atoms with Gasteiger partial charge in [0.05, 0.1) is 6.04 Å². The summed E-state index contributed by atoms with van der Waals surface area (Å²) in [6.45, 7) is 1.59. The minimum Gasteiger partial charge on any atom is -0.399 e. The Morgan fingerprint density at radius 1 is 1.33 bits per heavy atom. The second-order valence-corrected chi connectivity index (χ2v) is 4.96. The van der Waals surface area contributed by atoms with Gasteiger partial charge in [0, 0.05) is 18.8 Å². The van der Waals surface area contributed by atoms with Crippen molar-refractivity contribution in [3.63, 3.8) is 0 Å². The third kappa shape index (κ3) is 3.23. The van der Waals surface area contributed by atoms with Gasteiger partial charge < -0.3 is 11.1 Å². The molecule has 1 aromatic rings. The monoisotopic (exact) mass is 247 g/mol. The summed E-state index contributed by atoms with van der Waals surface area (Å²) >= 11 is 0. The van der Waals surface area contributed by atoms with Crippen molar-refractivity contribution in [2.24, 2.45) is 0 Å². The van der Waals surface area contributed by atoms with Crippen molar-refractivity contribution in [3.05, 3.63) is 29.8 Å². The summed E-state index contributed by atoms with van der Waals surface area (Å²) in [4.78, 5) is 14.0. The van der Waals surface area contributed by atoms with Gasteiger partial charge >= 0.3 is 0 Å². The van der Waals surface area contributed by atoms with Gasteiger partial charge in [0.2, 0.25) is 5.91 Å². The van der Waals surface area contributed by atoms with Crippen LogP contribution >= 0.6 is 0 Å². The number of rotatable bonds is 3. The summed E-state index contributed by atoms with van der Waals surface area (Å²) in [7, 11) is 2.01. The Labute approximate surface area is 108 Å². The number of benzene rings is 1. The maximum absolute atomic E-state index is 11.9. The molecule has 0 radical (unpaired) electrons. The first-order chi connectivity index (χ1) is 8.66. The van der Waals surface area contributed by atoms with Crippen LogP contribution in [0, 0.1) is 0 Å². The zero-order valence-corrected chi connectivity index (χ0v) is 10.9. The van der Waals surface area contributed by atoms with Gasteiger partial charge in [-0.3, -0.25) is 9.69 Å². The molecule has 0 aliphatic carbocycles. The predicted molar refractivity (Wildman–Crippen MR) is 73.0 cm³/mol. The van der Waals surface area contributed by atoms with Crippen LogP contribution in [0.15, 0.2) is 24.3 Å². The van der Waals surface area contributed by atoms with Gasteiger partial charge in [-0.15, -0.1) is 0 Å². The van der Waals surface area contributed by atoms with E-state index in [0.717, 1.165) is 38.0 Å². The van der Waals surface area contributed by atoms with Crippen LogP contribution in [0.1, 0.15) is 24.8 Å². The lowest BCUT2D eigenvalue weighted by Crippen LogP contribution is -2.43. The van der Waals surface area contributed by atoms with Gasteiger partial charge in [-0.2, -0.15) is 0 Å². The summed E-state index contributed by atoms with van der Waals surface area (Å²) in [5.41, 5.74) is 7.62. The molecule has 1 atom stereocenters. The molecule has 2 rings (SSSR count). The van der Waals surface area contributed by atoms with Crippen LogP contribution in [0.2, 0.25) is 0 Å². The molecule has 3 N–H and O–H groups in total. The Bertz CT molecular complexity index is 402. The number of nitrogens with zero attached hydrogens (tertiary/aromatic N) is 1. The van der Waals surface area contributed by atoms with Crippen molar-refractivity contribution in [3.8, 4) is 0 Å². The van der Waals surface area contributed by atoms with Crippen LogP contribution in [0.4, 0.5) is 5.69 Å². The van der Waals surface area contributed by atoms with E-state index in [0.29, 0.717) is 0 Å². The Morgan fingerprint density at radius 2 is 2.06 bits per heavy atom. The number of likely N-dealkylation sites (N-methyl/N-ethyl adjacent to an activating group) is 1. The molecule has 4 nitrogen and oxygen atoms in total. The fourth-order valence-electron chi connectivity index (χ4n) is 2.36. The van der Waals surface area contributed by atoms with Crippen LogP contribution < -0.4 is 11.1 Å². The van der Waals surface area contributed by atoms with Gasteiger partial charge in [-0.1, -0.05) is 12.1 Å². The average molecular weight is 247 g/mol. The maximum Gasteiger partial charge on any atom is 0.237 e. The molecule has 1 amide bonds. The highest BCUT2D eigenvalue weighted by Crippen LogP contribution is 2.15. The topological polar surface area (TPSA) is 58.4 Å². The molecule has 1 unspecified atom stereocenters. The molecule has 1 aliphatic rings. The average Bonchev–Trinajstić information content (AvgIpc) is 2.57. The normalized spacial score (nSPS) is 20.6. The van der Waals surface area contributed by atoms with E-state index >= 15 is 0 Å². The SMILES string of the molecule is CN(Cc1ccc(N)cc1)C1CCCCNC1=O. The number of nitrogens with two attached hydrogens (primary N) is 1. The molecule has 18 heavy (non-hydrogen) atoms. The van der Waals surface area contributed by atoms with Crippen LogP contribution in [0.25, 0.3) is 0 Å². The van der Waals surface area contributed by atoms with Crippen LogP contribution in [-0.4, -0.2) is 30.4 Å². The van der Waals surface area contributed by atoms with Crippen molar-refractivity contribution in [2.45, 2.75) is 31.8 Å². The molecule has 4 heteroatoms. The molecular formula is C14H21N3O. The molecular weight excluding hydrogens is 226 g/mol. The van der Waals surface area contributed by atoms with Crippen molar-refractivity contribution in [1.29, 1.82) is 0 Å². The number of anilines is 1. The number of amides is 1. The Morgan fingerprint density at radius 3 is 2.78 bits per heavy atom. The summed E-state index contributed by atoms with van der Waals surface area (Å²) in [5, 5.41) is 2.97. The van der Waals surface area contributed by atoms with E-state index in [1.807, 2.05) is 31.3 Å². The van der Waals surface area contributed by atoms with Gasteiger partial charge in [-0.05, 0) is 44.0 Å². The van der Waals surface area contributed by atoms with E-state index in [4.69, 9.17) is 5.73 Å². The molecule has 0 aromatic heterocycles.